The predicted octanol–water partition coefficient (Wildman–Crippen LogP) is 4.64. The van der Waals surface area contributed by atoms with Crippen LogP contribution in [0.3, 0.4) is 0 Å². The van der Waals surface area contributed by atoms with Crippen molar-refractivity contribution in [2.75, 3.05) is 10.6 Å². The zero-order valence-electron chi connectivity index (χ0n) is 15.9. The van der Waals surface area contributed by atoms with Crippen LogP contribution < -0.4 is 10.6 Å². The molecule has 0 saturated heterocycles. The maximum absolute atomic E-state index is 12.4. The molecule has 0 radical (unpaired) electrons. The molecule has 0 unspecified atom stereocenters. The highest BCUT2D eigenvalue weighted by Crippen LogP contribution is 2.23. The summed E-state index contributed by atoms with van der Waals surface area (Å²) in [4.78, 5) is 20.8. The van der Waals surface area contributed by atoms with Gasteiger partial charge < -0.3 is 10.6 Å². The number of nitrogens with zero attached hydrogens (tertiary/aromatic N) is 2. The van der Waals surface area contributed by atoms with Gasteiger partial charge in [-0.1, -0.05) is 39.0 Å². The van der Waals surface area contributed by atoms with E-state index in [1.54, 1.807) is 30.7 Å². The molecule has 0 saturated carbocycles. The third-order valence-corrected chi connectivity index (χ3v) is 4.23. The lowest BCUT2D eigenvalue weighted by Crippen LogP contribution is -2.14. The number of nitrogens with one attached hydrogen (secondary N) is 2. The molecule has 1 aromatic carbocycles. The summed E-state index contributed by atoms with van der Waals surface area (Å²) in [6.45, 7) is 7.12. The molecule has 0 aliphatic rings. The minimum Gasteiger partial charge on any atom is -0.366 e. The van der Waals surface area contributed by atoms with Crippen molar-refractivity contribution in [2.24, 2.45) is 0 Å². The number of carbonyl (C=O) groups excluding carboxylic acids is 1. The second-order valence-electron chi connectivity index (χ2n) is 7.43. The van der Waals surface area contributed by atoms with Crippen LogP contribution in [0.2, 0.25) is 0 Å². The molecule has 0 atom stereocenters. The van der Waals surface area contributed by atoms with E-state index in [2.05, 4.69) is 41.4 Å². The molecule has 138 valence electrons. The van der Waals surface area contributed by atoms with Crippen LogP contribution in [-0.2, 0) is 12.0 Å². The number of rotatable bonds is 5. The molecular weight excluding hydrogens is 336 g/mol. The lowest BCUT2D eigenvalue weighted by atomic mass is 9.87. The van der Waals surface area contributed by atoms with E-state index in [1.807, 2.05) is 36.4 Å². The van der Waals surface area contributed by atoms with E-state index < -0.39 is 0 Å². The van der Waals surface area contributed by atoms with Gasteiger partial charge in [-0.25, -0.2) is 4.98 Å². The number of aromatic nitrogens is 2. The van der Waals surface area contributed by atoms with Gasteiger partial charge in [0.15, 0.2) is 0 Å². The zero-order chi connectivity index (χ0) is 19.3. The van der Waals surface area contributed by atoms with Crippen molar-refractivity contribution >= 4 is 17.4 Å². The average Bonchev–Trinajstić information content (AvgIpc) is 2.67. The molecule has 2 heterocycles. The van der Waals surface area contributed by atoms with Gasteiger partial charge in [0, 0.05) is 30.8 Å². The number of hydrogen-bond acceptors (Lipinski definition) is 4. The normalized spacial score (nSPS) is 11.1. The molecule has 5 heteroatoms. The lowest BCUT2D eigenvalue weighted by Gasteiger charge is -2.19. The van der Waals surface area contributed by atoms with Crippen LogP contribution in [0.1, 0.15) is 42.3 Å². The third kappa shape index (κ3) is 5.14. The maximum Gasteiger partial charge on any atom is 0.257 e. The van der Waals surface area contributed by atoms with Crippen LogP contribution in [0.15, 0.2) is 67.1 Å². The predicted molar refractivity (Wildman–Crippen MR) is 109 cm³/mol. The van der Waals surface area contributed by atoms with Gasteiger partial charge in [-0.05, 0) is 46.9 Å². The number of anilines is 2. The van der Waals surface area contributed by atoms with Gasteiger partial charge in [0.2, 0.25) is 0 Å². The molecule has 3 aromatic rings. The van der Waals surface area contributed by atoms with E-state index in [-0.39, 0.29) is 11.3 Å². The van der Waals surface area contributed by atoms with E-state index in [0.717, 1.165) is 11.3 Å². The van der Waals surface area contributed by atoms with Crippen molar-refractivity contribution in [3.8, 4) is 0 Å². The fraction of sp³-hybridized carbons (Fsp3) is 0.227. The second-order valence-corrected chi connectivity index (χ2v) is 7.43. The summed E-state index contributed by atoms with van der Waals surface area (Å²) in [6, 6.07) is 15.4. The van der Waals surface area contributed by atoms with Crippen molar-refractivity contribution in [1.29, 1.82) is 0 Å². The molecule has 0 aliphatic carbocycles. The summed E-state index contributed by atoms with van der Waals surface area (Å²) in [6.07, 6.45) is 5.12. The molecule has 0 spiro atoms. The topological polar surface area (TPSA) is 66.9 Å². The molecule has 0 aliphatic heterocycles. The van der Waals surface area contributed by atoms with Crippen LogP contribution in [-0.4, -0.2) is 15.9 Å². The Hall–Kier alpha value is -3.21. The van der Waals surface area contributed by atoms with Gasteiger partial charge in [0.1, 0.15) is 5.82 Å². The highest BCUT2D eigenvalue weighted by molar-refractivity contribution is 6.04. The standard InChI is InChI=1S/C22H24N4O/c1-22(2,3)18-7-9-19(10-8-18)26-21(27)17-6-11-20(25-15-17)24-14-16-5-4-12-23-13-16/h4-13,15H,14H2,1-3H3,(H,24,25)(H,26,27). The van der Waals surface area contributed by atoms with Crippen molar-refractivity contribution in [3.63, 3.8) is 0 Å². The van der Waals surface area contributed by atoms with E-state index in [4.69, 9.17) is 0 Å². The third-order valence-electron chi connectivity index (χ3n) is 4.23. The first-order valence-corrected chi connectivity index (χ1v) is 8.92. The van der Waals surface area contributed by atoms with Crippen molar-refractivity contribution in [2.45, 2.75) is 32.7 Å². The Labute approximate surface area is 159 Å². The second kappa shape index (κ2) is 7.99. The molecule has 1 amide bonds. The molecule has 2 aromatic heterocycles. The highest BCUT2D eigenvalue weighted by atomic mass is 16.1. The Bertz CT molecular complexity index is 882. The fourth-order valence-electron chi connectivity index (χ4n) is 2.58. The van der Waals surface area contributed by atoms with Gasteiger partial charge in [-0.15, -0.1) is 0 Å². The van der Waals surface area contributed by atoms with E-state index >= 15 is 0 Å². The SMILES string of the molecule is CC(C)(C)c1ccc(NC(=O)c2ccc(NCc3cccnc3)nc2)cc1. The van der Waals surface area contributed by atoms with Crippen molar-refractivity contribution in [3.05, 3.63) is 83.8 Å². The minimum absolute atomic E-state index is 0.0884. The number of hydrogen-bond donors (Lipinski definition) is 2. The van der Waals surface area contributed by atoms with Gasteiger partial charge >= 0.3 is 0 Å². The van der Waals surface area contributed by atoms with Crippen LogP contribution in [0, 0.1) is 0 Å². The van der Waals surface area contributed by atoms with Gasteiger partial charge in [0.05, 0.1) is 5.56 Å². The molecule has 0 bridgehead atoms. The quantitative estimate of drug-likeness (QED) is 0.696. The summed E-state index contributed by atoms with van der Waals surface area (Å²) in [5.74, 6) is 0.537. The Morgan fingerprint density at radius 1 is 1.00 bits per heavy atom. The van der Waals surface area contributed by atoms with Crippen LogP contribution >= 0.6 is 0 Å². The Morgan fingerprint density at radius 2 is 1.78 bits per heavy atom. The van der Waals surface area contributed by atoms with Crippen molar-refractivity contribution in [1.82, 2.24) is 9.97 Å². The Morgan fingerprint density at radius 3 is 2.37 bits per heavy atom. The number of benzene rings is 1. The summed E-state index contributed by atoms with van der Waals surface area (Å²) in [5, 5.41) is 6.12. The summed E-state index contributed by atoms with van der Waals surface area (Å²) in [5.41, 5.74) is 3.67. The number of amides is 1. The first kappa shape index (κ1) is 18.6. The van der Waals surface area contributed by atoms with E-state index in [0.29, 0.717) is 17.9 Å². The smallest absolute Gasteiger partial charge is 0.257 e. The molecule has 0 fully saturated rings. The number of carbonyl (C=O) groups is 1. The zero-order valence-corrected chi connectivity index (χ0v) is 15.9. The molecule has 5 nitrogen and oxygen atoms in total. The first-order chi connectivity index (χ1) is 12.9. The first-order valence-electron chi connectivity index (χ1n) is 8.92. The fourth-order valence-corrected chi connectivity index (χ4v) is 2.58. The van der Waals surface area contributed by atoms with Gasteiger partial charge in [0.25, 0.3) is 5.91 Å². The van der Waals surface area contributed by atoms with Crippen molar-refractivity contribution < 1.29 is 4.79 Å². The maximum atomic E-state index is 12.4. The average molecular weight is 360 g/mol. The van der Waals surface area contributed by atoms with Gasteiger partial charge in [-0.3, -0.25) is 9.78 Å². The minimum atomic E-state index is -0.176. The lowest BCUT2D eigenvalue weighted by molar-refractivity contribution is 0.102. The largest absolute Gasteiger partial charge is 0.366 e. The summed E-state index contributed by atoms with van der Waals surface area (Å²) >= 11 is 0. The van der Waals surface area contributed by atoms with E-state index in [1.165, 1.54) is 5.56 Å². The molecular formula is C22H24N4O. The molecule has 27 heavy (non-hydrogen) atoms. The monoisotopic (exact) mass is 360 g/mol. The van der Waals surface area contributed by atoms with Crippen LogP contribution in [0.4, 0.5) is 11.5 Å². The summed E-state index contributed by atoms with van der Waals surface area (Å²) in [7, 11) is 0. The molecule has 3 rings (SSSR count). The van der Waals surface area contributed by atoms with Crippen LogP contribution in [0.5, 0.6) is 0 Å². The molecule has 2 N–H and O–H groups in total. The van der Waals surface area contributed by atoms with E-state index in [9.17, 15) is 4.79 Å². The number of pyridine rings is 2. The highest BCUT2D eigenvalue weighted by Gasteiger charge is 2.13. The Balaban J connectivity index is 1.58. The van der Waals surface area contributed by atoms with Gasteiger partial charge in [-0.2, -0.15) is 0 Å². The Kier molecular flexibility index (Phi) is 5.50. The summed E-state index contributed by atoms with van der Waals surface area (Å²) < 4.78 is 0. The van der Waals surface area contributed by atoms with Crippen LogP contribution in [0.25, 0.3) is 0 Å².